The molecule has 6 heteroatoms. The van der Waals surface area contributed by atoms with Gasteiger partial charge in [0.15, 0.2) is 11.6 Å². The second-order valence-corrected chi connectivity index (χ2v) is 4.40. The van der Waals surface area contributed by atoms with Crippen LogP contribution in [0.4, 0.5) is 4.39 Å². The van der Waals surface area contributed by atoms with Crippen LogP contribution in [0.5, 0.6) is 0 Å². The molecule has 0 radical (unpaired) electrons. The summed E-state index contributed by atoms with van der Waals surface area (Å²) in [5.41, 5.74) is -0.0765. The van der Waals surface area contributed by atoms with Crippen LogP contribution in [0.1, 0.15) is 18.4 Å². The van der Waals surface area contributed by atoms with Gasteiger partial charge in [-0.05, 0) is 24.5 Å². The van der Waals surface area contributed by atoms with E-state index in [2.05, 4.69) is 10.1 Å². The van der Waals surface area contributed by atoms with E-state index < -0.39 is 17.2 Å². The van der Waals surface area contributed by atoms with Crippen molar-refractivity contribution in [3.63, 3.8) is 0 Å². The molecule has 1 aliphatic rings. The molecular weight excluding hydrogens is 237 g/mol. The minimum atomic E-state index is -0.817. The number of carboxylic acid groups (broad SMARTS) is 1. The summed E-state index contributed by atoms with van der Waals surface area (Å²) in [6.07, 6.45) is 5.11. The molecule has 1 aliphatic carbocycles. The lowest BCUT2D eigenvalue weighted by Gasteiger charge is -2.09. The summed E-state index contributed by atoms with van der Waals surface area (Å²) in [4.78, 5) is 15.3. The maximum absolute atomic E-state index is 12.8. The Morgan fingerprint density at radius 3 is 2.61 bits per heavy atom. The van der Waals surface area contributed by atoms with Crippen molar-refractivity contribution in [3.05, 3.63) is 42.1 Å². The van der Waals surface area contributed by atoms with Gasteiger partial charge in [0.1, 0.15) is 0 Å². The van der Waals surface area contributed by atoms with E-state index in [1.165, 1.54) is 17.1 Å². The Hall–Kier alpha value is -2.24. The number of aromatic nitrogens is 3. The normalized spacial score (nSPS) is 16.5. The summed E-state index contributed by atoms with van der Waals surface area (Å²) in [5, 5.41) is 12.9. The molecule has 0 aliphatic heterocycles. The standard InChI is InChI=1S/C12H10FN3O2/c13-9-6-15-16(7-9)10-2-1-8(5-14-10)12(3-4-12)11(17)18/h1-2,5-7H,3-4H2,(H,17,18). The lowest BCUT2D eigenvalue weighted by molar-refractivity contribution is -0.140. The molecular formula is C12H10FN3O2. The lowest BCUT2D eigenvalue weighted by atomic mass is 9.98. The lowest BCUT2D eigenvalue weighted by Crippen LogP contribution is -2.19. The first-order valence-corrected chi connectivity index (χ1v) is 5.52. The number of nitrogens with zero attached hydrogens (tertiary/aromatic N) is 3. The van der Waals surface area contributed by atoms with E-state index in [0.29, 0.717) is 24.2 Å². The number of rotatable bonds is 3. The SMILES string of the molecule is O=C(O)C1(c2ccc(-n3cc(F)cn3)nc2)CC1. The third-order valence-electron chi connectivity index (χ3n) is 3.25. The van der Waals surface area contributed by atoms with Crippen LogP contribution in [-0.2, 0) is 10.2 Å². The van der Waals surface area contributed by atoms with Gasteiger partial charge in [-0.3, -0.25) is 4.79 Å². The smallest absolute Gasteiger partial charge is 0.314 e. The van der Waals surface area contributed by atoms with E-state index in [1.54, 1.807) is 12.1 Å². The highest BCUT2D eigenvalue weighted by Gasteiger charge is 2.51. The van der Waals surface area contributed by atoms with Crippen LogP contribution in [0.25, 0.3) is 5.82 Å². The third kappa shape index (κ3) is 1.57. The van der Waals surface area contributed by atoms with Crippen molar-refractivity contribution in [1.82, 2.24) is 14.8 Å². The highest BCUT2D eigenvalue weighted by Crippen LogP contribution is 2.48. The van der Waals surface area contributed by atoms with Crippen molar-refractivity contribution >= 4 is 5.97 Å². The molecule has 0 atom stereocenters. The summed E-state index contributed by atoms with van der Waals surface area (Å²) >= 11 is 0. The molecule has 0 unspecified atom stereocenters. The summed E-state index contributed by atoms with van der Waals surface area (Å²) in [6, 6.07) is 3.35. The first-order valence-electron chi connectivity index (χ1n) is 5.52. The molecule has 2 aromatic heterocycles. The van der Waals surface area contributed by atoms with Gasteiger partial charge in [-0.15, -0.1) is 0 Å². The van der Waals surface area contributed by atoms with Crippen LogP contribution >= 0.6 is 0 Å². The molecule has 0 amide bonds. The molecule has 5 nitrogen and oxygen atoms in total. The molecule has 92 valence electrons. The van der Waals surface area contributed by atoms with Crippen LogP contribution in [0.3, 0.4) is 0 Å². The van der Waals surface area contributed by atoms with Crippen LogP contribution in [-0.4, -0.2) is 25.8 Å². The maximum Gasteiger partial charge on any atom is 0.314 e. The minimum Gasteiger partial charge on any atom is -0.481 e. The zero-order valence-corrected chi connectivity index (χ0v) is 9.38. The summed E-state index contributed by atoms with van der Waals surface area (Å²) in [5.74, 6) is -0.795. The number of aliphatic carboxylic acids is 1. The van der Waals surface area contributed by atoms with E-state index in [4.69, 9.17) is 5.11 Å². The minimum absolute atomic E-state index is 0.440. The Bertz CT molecular complexity index is 602. The largest absolute Gasteiger partial charge is 0.481 e. The number of carbonyl (C=O) groups is 1. The molecule has 0 aromatic carbocycles. The quantitative estimate of drug-likeness (QED) is 0.892. The van der Waals surface area contributed by atoms with Crippen molar-refractivity contribution in [2.24, 2.45) is 0 Å². The molecule has 0 spiro atoms. The Morgan fingerprint density at radius 1 is 1.39 bits per heavy atom. The van der Waals surface area contributed by atoms with Crippen LogP contribution in [0, 0.1) is 5.82 Å². The number of carboxylic acids is 1. The summed E-state index contributed by atoms with van der Waals surface area (Å²) in [7, 11) is 0. The molecule has 0 bridgehead atoms. The van der Waals surface area contributed by atoms with Gasteiger partial charge in [0.2, 0.25) is 0 Å². The second kappa shape index (κ2) is 3.63. The molecule has 2 aromatic rings. The monoisotopic (exact) mass is 247 g/mol. The first kappa shape index (κ1) is 10.9. The Morgan fingerprint density at radius 2 is 2.17 bits per heavy atom. The van der Waals surface area contributed by atoms with Gasteiger partial charge in [0.05, 0.1) is 17.8 Å². The molecule has 0 saturated heterocycles. The number of hydrogen-bond acceptors (Lipinski definition) is 3. The van der Waals surface area contributed by atoms with Gasteiger partial charge in [-0.1, -0.05) is 6.07 Å². The van der Waals surface area contributed by atoms with Crippen LogP contribution in [0.2, 0.25) is 0 Å². The number of pyridine rings is 1. The Labute approximate surface area is 102 Å². The van der Waals surface area contributed by atoms with Gasteiger partial charge in [0.25, 0.3) is 0 Å². The zero-order valence-electron chi connectivity index (χ0n) is 9.38. The Kier molecular flexibility index (Phi) is 2.19. The molecule has 3 rings (SSSR count). The van der Waals surface area contributed by atoms with Gasteiger partial charge in [0, 0.05) is 6.20 Å². The average Bonchev–Trinajstić information content (AvgIpc) is 3.07. The molecule has 1 saturated carbocycles. The predicted molar refractivity (Wildman–Crippen MR) is 59.9 cm³/mol. The van der Waals surface area contributed by atoms with Crippen LogP contribution < -0.4 is 0 Å². The highest BCUT2D eigenvalue weighted by molar-refractivity contribution is 5.84. The fourth-order valence-corrected chi connectivity index (χ4v) is 1.98. The molecule has 1 fully saturated rings. The van der Waals surface area contributed by atoms with Crippen LogP contribution in [0.15, 0.2) is 30.7 Å². The summed E-state index contributed by atoms with van der Waals surface area (Å²) < 4.78 is 14.1. The van der Waals surface area contributed by atoms with Crippen molar-refractivity contribution in [1.29, 1.82) is 0 Å². The fourth-order valence-electron chi connectivity index (χ4n) is 1.98. The highest BCUT2D eigenvalue weighted by atomic mass is 19.1. The fraction of sp³-hybridized carbons (Fsp3) is 0.250. The van der Waals surface area contributed by atoms with E-state index >= 15 is 0 Å². The molecule has 2 heterocycles. The van der Waals surface area contributed by atoms with E-state index in [-0.39, 0.29) is 0 Å². The topological polar surface area (TPSA) is 68.0 Å². The average molecular weight is 247 g/mol. The van der Waals surface area contributed by atoms with Crippen molar-refractivity contribution < 1.29 is 14.3 Å². The van der Waals surface area contributed by atoms with Crippen molar-refractivity contribution in [2.75, 3.05) is 0 Å². The van der Waals surface area contributed by atoms with Gasteiger partial charge >= 0.3 is 5.97 Å². The number of halogens is 1. The Balaban J connectivity index is 1.92. The van der Waals surface area contributed by atoms with Gasteiger partial charge < -0.3 is 5.11 Å². The first-order chi connectivity index (χ1) is 8.62. The van der Waals surface area contributed by atoms with E-state index in [0.717, 1.165) is 6.20 Å². The van der Waals surface area contributed by atoms with Crippen molar-refractivity contribution in [3.8, 4) is 5.82 Å². The summed E-state index contributed by atoms with van der Waals surface area (Å²) in [6.45, 7) is 0. The third-order valence-corrected chi connectivity index (χ3v) is 3.25. The predicted octanol–water partition coefficient (Wildman–Crippen LogP) is 1.52. The van der Waals surface area contributed by atoms with Crippen molar-refractivity contribution in [2.45, 2.75) is 18.3 Å². The molecule has 18 heavy (non-hydrogen) atoms. The second-order valence-electron chi connectivity index (χ2n) is 4.40. The maximum atomic E-state index is 12.8. The zero-order chi connectivity index (χ0) is 12.8. The molecule has 1 N–H and O–H groups in total. The van der Waals surface area contributed by atoms with Gasteiger partial charge in [-0.25, -0.2) is 14.1 Å². The van der Waals surface area contributed by atoms with E-state index in [1.807, 2.05) is 0 Å². The van der Waals surface area contributed by atoms with Gasteiger partial charge in [-0.2, -0.15) is 5.10 Å². The number of hydrogen-bond donors (Lipinski definition) is 1. The van der Waals surface area contributed by atoms with E-state index in [9.17, 15) is 9.18 Å².